The molecule has 2 aromatic carbocycles. The van der Waals surface area contributed by atoms with Crippen molar-refractivity contribution in [1.29, 1.82) is 0 Å². The molecule has 1 unspecified atom stereocenters. The molecular weight excluding hydrogens is 405 g/mol. The Morgan fingerprint density at radius 1 is 1.00 bits per heavy atom. The van der Waals surface area contributed by atoms with Crippen molar-refractivity contribution in [2.75, 3.05) is 36.8 Å². The number of anilines is 2. The zero-order chi connectivity index (χ0) is 21.8. The molecule has 1 atom stereocenters. The number of rotatable bonds is 8. The molecule has 1 aliphatic heterocycles. The standard InChI is InChI=1S/C24H26FN7/c25-19-8-6-18(7-9-19)16-32-22-5-2-1-4-21(22)30-24(32)29-20-10-14-31(17-20)15-13-28-23-26-11-3-12-27-23/h1-9,11-12,20H,10,13-17H2,(H,29,30)(H,26,27,28). The maximum atomic E-state index is 13.3. The van der Waals surface area contributed by atoms with Gasteiger partial charge in [-0.25, -0.2) is 19.3 Å². The molecule has 4 aromatic rings. The van der Waals surface area contributed by atoms with Gasteiger partial charge < -0.3 is 15.2 Å². The van der Waals surface area contributed by atoms with Gasteiger partial charge in [0.05, 0.1) is 17.6 Å². The van der Waals surface area contributed by atoms with Gasteiger partial charge in [0, 0.05) is 44.6 Å². The lowest BCUT2D eigenvalue weighted by atomic mass is 10.2. The second kappa shape index (κ2) is 9.32. The highest BCUT2D eigenvalue weighted by Gasteiger charge is 2.24. The summed E-state index contributed by atoms with van der Waals surface area (Å²) in [5.41, 5.74) is 3.07. The van der Waals surface area contributed by atoms with Gasteiger partial charge in [-0.05, 0) is 42.3 Å². The number of hydrogen-bond acceptors (Lipinski definition) is 6. The van der Waals surface area contributed by atoms with Crippen molar-refractivity contribution in [2.24, 2.45) is 0 Å². The Bertz CT molecular complexity index is 1160. The minimum Gasteiger partial charge on any atom is -0.353 e. The molecule has 0 radical (unpaired) electrons. The lowest BCUT2D eigenvalue weighted by molar-refractivity contribution is 0.349. The first-order chi connectivity index (χ1) is 15.7. The molecule has 1 saturated heterocycles. The molecule has 1 aliphatic rings. The normalized spacial score (nSPS) is 16.5. The summed E-state index contributed by atoms with van der Waals surface area (Å²) in [6, 6.07) is 16.9. The first kappa shape index (κ1) is 20.4. The van der Waals surface area contributed by atoms with E-state index in [2.05, 4.69) is 36.1 Å². The molecule has 7 nitrogen and oxygen atoms in total. The van der Waals surface area contributed by atoms with Crippen molar-refractivity contribution >= 4 is 22.9 Å². The van der Waals surface area contributed by atoms with Gasteiger partial charge in [-0.1, -0.05) is 24.3 Å². The third-order valence-electron chi connectivity index (χ3n) is 5.79. The number of halogens is 1. The van der Waals surface area contributed by atoms with Crippen molar-refractivity contribution in [3.8, 4) is 0 Å². The van der Waals surface area contributed by atoms with Crippen molar-refractivity contribution in [3.05, 3.63) is 78.4 Å². The molecular formula is C24H26FN7. The molecule has 32 heavy (non-hydrogen) atoms. The van der Waals surface area contributed by atoms with Crippen LogP contribution in [0.3, 0.4) is 0 Å². The number of aromatic nitrogens is 4. The maximum Gasteiger partial charge on any atom is 0.222 e. The highest BCUT2D eigenvalue weighted by molar-refractivity contribution is 5.78. The molecule has 0 spiro atoms. The zero-order valence-electron chi connectivity index (χ0n) is 17.8. The monoisotopic (exact) mass is 431 g/mol. The van der Waals surface area contributed by atoms with Crippen LogP contribution in [-0.4, -0.2) is 56.6 Å². The number of para-hydroxylation sites is 2. The number of likely N-dealkylation sites (tertiary alicyclic amines) is 1. The van der Waals surface area contributed by atoms with Gasteiger partial charge >= 0.3 is 0 Å². The van der Waals surface area contributed by atoms with Gasteiger partial charge in [0.25, 0.3) is 0 Å². The number of nitrogens with one attached hydrogen (secondary N) is 2. The second-order valence-corrected chi connectivity index (χ2v) is 8.07. The summed E-state index contributed by atoms with van der Waals surface area (Å²) in [7, 11) is 0. The smallest absolute Gasteiger partial charge is 0.222 e. The Hall–Kier alpha value is -3.52. The molecule has 2 aromatic heterocycles. The SMILES string of the molecule is Fc1ccc(Cn2c(NC3CCN(CCNc4ncccn4)C3)nc3ccccc32)cc1. The average Bonchev–Trinajstić information content (AvgIpc) is 3.41. The van der Waals surface area contributed by atoms with E-state index in [1.165, 1.54) is 12.1 Å². The molecule has 5 rings (SSSR count). The fraction of sp³-hybridized carbons (Fsp3) is 0.292. The third kappa shape index (κ3) is 4.70. The van der Waals surface area contributed by atoms with Crippen LogP contribution in [0.15, 0.2) is 67.0 Å². The Labute approximate surface area is 186 Å². The lowest BCUT2D eigenvalue weighted by Gasteiger charge is -2.18. The first-order valence-electron chi connectivity index (χ1n) is 10.9. The Balaban J connectivity index is 1.24. The van der Waals surface area contributed by atoms with Crippen LogP contribution >= 0.6 is 0 Å². The van der Waals surface area contributed by atoms with Crippen LogP contribution in [0.25, 0.3) is 11.0 Å². The van der Waals surface area contributed by atoms with Crippen LogP contribution in [0, 0.1) is 5.82 Å². The highest BCUT2D eigenvalue weighted by Crippen LogP contribution is 2.23. The predicted molar refractivity (Wildman–Crippen MR) is 124 cm³/mol. The second-order valence-electron chi connectivity index (χ2n) is 8.07. The lowest BCUT2D eigenvalue weighted by Crippen LogP contribution is -2.30. The van der Waals surface area contributed by atoms with E-state index in [0.717, 1.165) is 55.1 Å². The quantitative estimate of drug-likeness (QED) is 0.444. The number of benzene rings is 2. The van der Waals surface area contributed by atoms with Crippen LogP contribution in [0.5, 0.6) is 0 Å². The van der Waals surface area contributed by atoms with Gasteiger partial charge in [-0.15, -0.1) is 0 Å². The molecule has 1 fully saturated rings. The van der Waals surface area contributed by atoms with Gasteiger partial charge in [0.1, 0.15) is 5.82 Å². The first-order valence-corrected chi connectivity index (χ1v) is 10.9. The van der Waals surface area contributed by atoms with Gasteiger partial charge in [0.15, 0.2) is 0 Å². The van der Waals surface area contributed by atoms with Crippen LogP contribution in [0.1, 0.15) is 12.0 Å². The van der Waals surface area contributed by atoms with Crippen molar-refractivity contribution in [2.45, 2.75) is 19.0 Å². The Morgan fingerprint density at radius 2 is 1.81 bits per heavy atom. The number of fused-ring (bicyclic) bond motifs is 1. The average molecular weight is 432 g/mol. The molecule has 3 heterocycles. The minimum atomic E-state index is -0.220. The fourth-order valence-corrected chi connectivity index (χ4v) is 4.17. The Morgan fingerprint density at radius 3 is 2.66 bits per heavy atom. The van der Waals surface area contributed by atoms with Gasteiger partial charge in [-0.2, -0.15) is 0 Å². The third-order valence-corrected chi connectivity index (χ3v) is 5.79. The molecule has 0 amide bonds. The van der Waals surface area contributed by atoms with Gasteiger partial charge in [0.2, 0.25) is 11.9 Å². The molecule has 2 N–H and O–H groups in total. The predicted octanol–water partition coefficient (Wildman–Crippen LogP) is 3.61. The van der Waals surface area contributed by atoms with Crippen molar-refractivity contribution < 1.29 is 4.39 Å². The number of nitrogens with zero attached hydrogens (tertiary/aromatic N) is 5. The summed E-state index contributed by atoms with van der Waals surface area (Å²) in [5, 5.41) is 6.93. The van der Waals surface area contributed by atoms with E-state index in [-0.39, 0.29) is 5.82 Å². The molecule has 0 aliphatic carbocycles. The van der Waals surface area contributed by atoms with Crippen LogP contribution < -0.4 is 10.6 Å². The van der Waals surface area contributed by atoms with Gasteiger partial charge in [-0.3, -0.25) is 4.90 Å². The Kier molecular flexibility index (Phi) is 5.93. The van der Waals surface area contributed by atoms with E-state index in [1.54, 1.807) is 12.4 Å². The molecule has 164 valence electrons. The van der Waals surface area contributed by atoms with E-state index in [9.17, 15) is 4.39 Å². The summed E-state index contributed by atoms with van der Waals surface area (Å²) in [4.78, 5) is 15.7. The summed E-state index contributed by atoms with van der Waals surface area (Å²) >= 11 is 0. The van der Waals surface area contributed by atoms with E-state index >= 15 is 0 Å². The maximum absolute atomic E-state index is 13.3. The number of hydrogen-bond donors (Lipinski definition) is 2. The fourth-order valence-electron chi connectivity index (χ4n) is 4.17. The molecule has 8 heteroatoms. The molecule has 0 saturated carbocycles. The van der Waals surface area contributed by atoms with Crippen molar-refractivity contribution in [3.63, 3.8) is 0 Å². The summed E-state index contributed by atoms with van der Waals surface area (Å²) in [5.74, 6) is 1.30. The van der Waals surface area contributed by atoms with E-state index < -0.39 is 0 Å². The molecule has 0 bridgehead atoms. The van der Waals surface area contributed by atoms with Crippen LogP contribution in [0.2, 0.25) is 0 Å². The summed E-state index contributed by atoms with van der Waals surface area (Å²) < 4.78 is 15.5. The van der Waals surface area contributed by atoms with Crippen LogP contribution in [-0.2, 0) is 6.54 Å². The largest absolute Gasteiger partial charge is 0.353 e. The minimum absolute atomic E-state index is 0.220. The topological polar surface area (TPSA) is 70.9 Å². The summed E-state index contributed by atoms with van der Waals surface area (Å²) in [6.45, 7) is 4.37. The van der Waals surface area contributed by atoms with E-state index in [0.29, 0.717) is 18.5 Å². The van der Waals surface area contributed by atoms with Crippen LogP contribution in [0.4, 0.5) is 16.3 Å². The number of imidazole rings is 1. The highest BCUT2D eigenvalue weighted by atomic mass is 19.1. The van der Waals surface area contributed by atoms with Crippen molar-refractivity contribution in [1.82, 2.24) is 24.4 Å². The summed E-state index contributed by atoms with van der Waals surface area (Å²) in [6.07, 6.45) is 4.54. The van der Waals surface area contributed by atoms with E-state index in [1.807, 2.05) is 36.4 Å². The zero-order valence-corrected chi connectivity index (χ0v) is 17.8. The van der Waals surface area contributed by atoms with E-state index in [4.69, 9.17) is 4.98 Å².